The van der Waals surface area contributed by atoms with Crippen molar-refractivity contribution in [1.82, 2.24) is 0 Å². The van der Waals surface area contributed by atoms with E-state index < -0.39 is 0 Å². The third-order valence-corrected chi connectivity index (χ3v) is 3.00. The minimum Gasteiger partial charge on any atom is -0.281 e. The second-order valence-corrected chi connectivity index (χ2v) is 4.85. The van der Waals surface area contributed by atoms with Crippen molar-refractivity contribution in [3.63, 3.8) is 0 Å². The van der Waals surface area contributed by atoms with Gasteiger partial charge in [-0.25, -0.2) is 0 Å². The molecule has 1 nitrogen and oxygen atoms in total. The van der Waals surface area contributed by atoms with Crippen LogP contribution in [-0.2, 0) is 0 Å². The zero-order valence-corrected chi connectivity index (χ0v) is 8.80. The number of rotatable bonds is 2. The van der Waals surface area contributed by atoms with E-state index in [1.54, 1.807) is 24.3 Å². The maximum atomic E-state index is 11.3. The molecule has 0 atom stereocenters. The summed E-state index contributed by atoms with van der Waals surface area (Å²) in [5, 5.41) is 0.722. The summed E-state index contributed by atoms with van der Waals surface area (Å²) in [7, 11) is 2.67. The molecule has 0 radical (unpaired) electrons. The van der Waals surface area contributed by atoms with Crippen molar-refractivity contribution in [2.24, 2.45) is 0 Å². The SMILES string of the molecule is CSSC(=O)c1ccc(Cl)cc1. The van der Waals surface area contributed by atoms with E-state index in [1.165, 1.54) is 21.6 Å². The molecule has 0 amide bonds. The van der Waals surface area contributed by atoms with Crippen LogP contribution in [0.5, 0.6) is 0 Å². The molecule has 0 saturated heterocycles. The van der Waals surface area contributed by atoms with Crippen LogP contribution < -0.4 is 0 Å². The van der Waals surface area contributed by atoms with Crippen LogP contribution in [0.3, 0.4) is 0 Å². The predicted molar refractivity (Wildman–Crippen MR) is 56.9 cm³/mol. The van der Waals surface area contributed by atoms with Crippen LogP contribution in [0.25, 0.3) is 0 Å². The van der Waals surface area contributed by atoms with Gasteiger partial charge in [-0.3, -0.25) is 4.79 Å². The van der Waals surface area contributed by atoms with Crippen LogP contribution in [0.2, 0.25) is 5.02 Å². The lowest BCUT2D eigenvalue weighted by Gasteiger charge is -1.96. The van der Waals surface area contributed by atoms with Gasteiger partial charge in [-0.15, -0.1) is 0 Å². The van der Waals surface area contributed by atoms with Crippen LogP contribution in [-0.4, -0.2) is 11.4 Å². The first kappa shape index (κ1) is 9.96. The number of hydrogen-bond acceptors (Lipinski definition) is 3. The van der Waals surface area contributed by atoms with Crippen molar-refractivity contribution in [3.8, 4) is 0 Å². The summed E-state index contributed by atoms with van der Waals surface area (Å²) in [5.74, 6) is 0. The summed E-state index contributed by atoms with van der Waals surface area (Å²) in [6.07, 6.45) is 1.87. The molecule has 0 aliphatic rings. The van der Waals surface area contributed by atoms with Crippen LogP contribution in [0.15, 0.2) is 24.3 Å². The normalized spacial score (nSPS) is 9.83. The summed E-state index contributed by atoms with van der Waals surface area (Å²) < 4.78 is 0. The summed E-state index contributed by atoms with van der Waals surface area (Å²) >= 11 is 5.67. The average molecular weight is 219 g/mol. The van der Waals surface area contributed by atoms with E-state index in [4.69, 9.17) is 11.6 Å². The Kier molecular flexibility index (Phi) is 3.98. The monoisotopic (exact) mass is 218 g/mol. The zero-order valence-electron chi connectivity index (χ0n) is 6.41. The fourth-order valence-electron chi connectivity index (χ4n) is 0.710. The van der Waals surface area contributed by atoms with E-state index >= 15 is 0 Å². The van der Waals surface area contributed by atoms with Gasteiger partial charge in [0.1, 0.15) is 0 Å². The topological polar surface area (TPSA) is 17.1 Å². The average Bonchev–Trinajstić information content (AvgIpc) is 2.06. The van der Waals surface area contributed by atoms with Gasteiger partial charge in [0.2, 0.25) is 5.12 Å². The smallest absolute Gasteiger partial charge is 0.229 e. The third kappa shape index (κ3) is 2.73. The van der Waals surface area contributed by atoms with E-state index in [0.717, 1.165) is 0 Å². The maximum absolute atomic E-state index is 11.3. The first-order valence-electron chi connectivity index (χ1n) is 3.24. The summed E-state index contributed by atoms with van der Waals surface area (Å²) in [6, 6.07) is 6.90. The Labute approximate surface area is 84.3 Å². The fraction of sp³-hybridized carbons (Fsp3) is 0.125. The van der Waals surface area contributed by atoms with E-state index in [1.807, 2.05) is 6.26 Å². The van der Waals surface area contributed by atoms with Crippen molar-refractivity contribution in [2.45, 2.75) is 0 Å². The molecular formula is C8H7ClOS2. The number of carbonyl (C=O) groups excluding carboxylic acids is 1. The molecule has 0 heterocycles. The van der Waals surface area contributed by atoms with Gasteiger partial charge in [0.15, 0.2) is 0 Å². The highest BCUT2D eigenvalue weighted by Crippen LogP contribution is 2.23. The Morgan fingerprint density at radius 1 is 1.33 bits per heavy atom. The van der Waals surface area contributed by atoms with Gasteiger partial charge >= 0.3 is 0 Å². The first-order chi connectivity index (χ1) is 5.74. The molecule has 1 aromatic rings. The number of benzene rings is 1. The molecule has 0 aromatic heterocycles. The van der Waals surface area contributed by atoms with Crippen molar-refractivity contribution >= 4 is 38.3 Å². The molecule has 1 rings (SSSR count). The van der Waals surface area contributed by atoms with Crippen LogP contribution in [0.1, 0.15) is 10.4 Å². The Balaban J connectivity index is 2.75. The van der Waals surface area contributed by atoms with Crippen LogP contribution in [0.4, 0.5) is 0 Å². The highest BCUT2D eigenvalue weighted by atomic mass is 35.5. The predicted octanol–water partition coefficient (Wildman–Crippen LogP) is 3.49. The van der Waals surface area contributed by atoms with E-state index in [9.17, 15) is 4.79 Å². The minimum atomic E-state index is 0.0687. The van der Waals surface area contributed by atoms with Crippen molar-refractivity contribution < 1.29 is 4.79 Å². The Hall–Kier alpha value is -0.120. The van der Waals surface area contributed by atoms with Gasteiger partial charge in [0.05, 0.1) is 0 Å². The molecule has 0 spiro atoms. The van der Waals surface area contributed by atoms with E-state index in [0.29, 0.717) is 10.6 Å². The van der Waals surface area contributed by atoms with Gasteiger partial charge < -0.3 is 0 Å². The fourth-order valence-corrected chi connectivity index (χ4v) is 1.96. The van der Waals surface area contributed by atoms with Gasteiger partial charge in [-0.1, -0.05) is 22.4 Å². The number of carbonyl (C=O) groups is 1. The van der Waals surface area contributed by atoms with Gasteiger partial charge in [0.25, 0.3) is 0 Å². The Morgan fingerprint density at radius 2 is 1.92 bits per heavy atom. The van der Waals surface area contributed by atoms with Crippen molar-refractivity contribution in [3.05, 3.63) is 34.9 Å². The molecule has 0 unspecified atom stereocenters. The van der Waals surface area contributed by atoms with Gasteiger partial charge in [0, 0.05) is 10.6 Å². The van der Waals surface area contributed by atoms with Crippen molar-refractivity contribution in [1.29, 1.82) is 0 Å². The van der Waals surface area contributed by atoms with Crippen LogP contribution >= 0.6 is 33.2 Å². The number of halogens is 1. The minimum absolute atomic E-state index is 0.0687. The lowest BCUT2D eigenvalue weighted by molar-refractivity contribution is 0.109. The molecule has 0 fully saturated rings. The highest BCUT2D eigenvalue weighted by molar-refractivity contribution is 8.82. The van der Waals surface area contributed by atoms with Crippen LogP contribution in [0, 0.1) is 0 Å². The second-order valence-electron chi connectivity index (χ2n) is 2.04. The molecule has 12 heavy (non-hydrogen) atoms. The van der Waals surface area contributed by atoms with E-state index in [2.05, 4.69) is 0 Å². The van der Waals surface area contributed by atoms with E-state index in [-0.39, 0.29) is 5.12 Å². The standard InChI is InChI=1S/C8H7ClOS2/c1-11-12-8(10)6-2-4-7(9)5-3-6/h2-5H,1H3. The first-order valence-corrected chi connectivity index (χ1v) is 6.18. The molecular weight excluding hydrogens is 212 g/mol. The quantitative estimate of drug-likeness (QED) is 0.708. The molecule has 0 aliphatic carbocycles. The Bertz CT molecular complexity index is 271. The highest BCUT2D eigenvalue weighted by Gasteiger charge is 2.04. The molecule has 0 bridgehead atoms. The lowest BCUT2D eigenvalue weighted by Crippen LogP contribution is -1.89. The number of hydrogen-bond donors (Lipinski definition) is 0. The molecule has 1 aromatic carbocycles. The second kappa shape index (κ2) is 4.80. The maximum Gasteiger partial charge on any atom is 0.229 e. The molecule has 0 saturated carbocycles. The lowest BCUT2D eigenvalue weighted by atomic mass is 10.2. The molecule has 4 heteroatoms. The molecule has 0 aliphatic heterocycles. The summed E-state index contributed by atoms with van der Waals surface area (Å²) in [6.45, 7) is 0. The van der Waals surface area contributed by atoms with Crippen molar-refractivity contribution in [2.75, 3.05) is 6.26 Å². The third-order valence-electron chi connectivity index (χ3n) is 1.24. The Morgan fingerprint density at radius 3 is 2.42 bits per heavy atom. The molecule has 0 N–H and O–H groups in total. The summed E-state index contributed by atoms with van der Waals surface area (Å²) in [5.41, 5.74) is 0.693. The van der Waals surface area contributed by atoms with Gasteiger partial charge in [-0.05, 0) is 41.3 Å². The largest absolute Gasteiger partial charge is 0.281 e. The molecule has 64 valence electrons. The zero-order chi connectivity index (χ0) is 8.97. The van der Waals surface area contributed by atoms with Gasteiger partial charge in [-0.2, -0.15) is 0 Å². The summed E-state index contributed by atoms with van der Waals surface area (Å²) in [4.78, 5) is 11.3.